The first-order chi connectivity index (χ1) is 17.5. The molecular formula is C23H31F2N5O6S. The van der Waals surface area contributed by atoms with Gasteiger partial charge in [0, 0.05) is 31.7 Å². The number of morpholine rings is 1. The predicted molar refractivity (Wildman–Crippen MR) is 128 cm³/mol. The summed E-state index contributed by atoms with van der Waals surface area (Å²) in [6.07, 6.45) is 0.669. The van der Waals surface area contributed by atoms with Crippen LogP contribution >= 0.6 is 0 Å². The van der Waals surface area contributed by atoms with Crippen molar-refractivity contribution in [2.75, 3.05) is 52.2 Å². The lowest BCUT2D eigenvalue weighted by molar-refractivity contribution is -0.124. The molecular weight excluding hydrogens is 512 g/mol. The molecule has 3 rings (SSSR count). The Kier molecular flexibility index (Phi) is 9.63. The number of para-hydroxylation sites is 1. The van der Waals surface area contributed by atoms with Crippen molar-refractivity contribution < 1.29 is 36.3 Å². The highest BCUT2D eigenvalue weighted by Gasteiger charge is 2.39. The first-order valence-corrected chi connectivity index (χ1v) is 13.6. The number of sulfone groups is 1. The van der Waals surface area contributed by atoms with Crippen molar-refractivity contribution in [3.63, 3.8) is 0 Å². The first kappa shape index (κ1) is 28.5. The van der Waals surface area contributed by atoms with Gasteiger partial charge in [-0.2, -0.15) is 14.0 Å². The number of hydrogen-bond donors (Lipinski definition) is 2. The number of halogens is 2. The number of urea groups is 1. The van der Waals surface area contributed by atoms with E-state index in [1.807, 2.05) is 11.9 Å². The first-order valence-electron chi connectivity index (χ1n) is 11.8. The minimum absolute atomic E-state index is 0.00900. The highest BCUT2D eigenvalue weighted by Crippen LogP contribution is 2.24. The summed E-state index contributed by atoms with van der Waals surface area (Å²) in [5, 5.41) is 14.9. The van der Waals surface area contributed by atoms with Gasteiger partial charge in [-0.15, -0.1) is 0 Å². The van der Waals surface area contributed by atoms with Crippen molar-refractivity contribution >= 4 is 21.8 Å². The standard InChI is InChI=1S/C23H31F2N5O6S/c1-29-8-6-23(16-26,7-9-29)28-20(31)18(27-22(32)30-10-12-35-13-11-30)15-37(33,34)14-17-4-2-3-5-19(17)36-21(24)25/h2-5,18,21H,6-15H2,1H3,(H,27,32)(H,28,31)/t18-/m0/s1. The van der Waals surface area contributed by atoms with Crippen LogP contribution < -0.4 is 15.4 Å². The topological polar surface area (TPSA) is 141 Å². The van der Waals surface area contributed by atoms with Crippen LogP contribution in [0.4, 0.5) is 13.6 Å². The van der Waals surface area contributed by atoms with E-state index in [9.17, 15) is 32.0 Å². The zero-order valence-electron chi connectivity index (χ0n) is 20.5. The third kappa shape index (κ3) is 8.24. The Bertz CT molecular complexity index is 1100. The van der Waals surface area contributed by atoms with Crippen LogP contribution in [0.15, 0.2) is 24.3 Å². The summed E-state index contributed by atoms with van der Waals surface area (Å²) in [6, 6.07) is 5.43. The average molecular weight is 544 g/mol. The van der Waals surface area contributed by atoms with Crippen LogP contribution in [0.5, 0.6) is 5.75 Å². The van der Waals surface area contributed by atoms with E-state index in [2.05, 4.69) is 21.4 Å². The Morgan fingerprint density at radius 1 is 1.19 bits per heavy atom. The van der Waals surface area contributed by atoms with Gasteiger partial charge in [0.1, 0.15) is 17.3 Å². The van der Waals surface area contributed by atoms with Gasteiger partial charge in [-0.05, 0) is 26.0 Å². The number of carbonyl (C=O) groups excluding carboxylic acids is 2. The minimum Gasteiger partial charge on any atom is -0.435 e. The molecule has 0 saturated carbocycles. The molecule has 3 amide bonds. The lowest BCUT2D eigenvalue weighted by Gasteiger charge is -2.37. The molecule has 1 atom stereocenters. The quantitative estimate of drug-likeness (QED) is 0.464. The Balaban J connectivity index is 1.80. The Morgan fingerprint density at radius 2 is 1.84 bits per heavy atom. The van der Waals surface area contributed by atoms with Crippen molar-refractivity contribution in [2.24, 2.45) is 0 Å². The number of piperidine rings is 1. The van der Waals surface area contributed by atoms with Crippen LogP contribution in [-0.4, -0.2) is 101 Å². The fourth-order valence-electron chi connectivity index (χ4n) is 4.16. The molecule has 0 bridgehead atoms. The average Bonchev–Trinajstić information content (AvgIpc) is 2.86. The van der Waals surface area contributed by atoms with Gasteiger partial charge in [0.15, 0.2) is 9.84 Å². The molecule has 2 fully saturated rings. The van der Waals surface area contributed by atoms with Crippen molar-refractivity contribution in [1.82, 2.24) is 20.4 Å². The van der Waals surface area contributed by atoms with Crippen LogP contribution in [0.3, 0.4) is 0 Å². The lowest BCUT2D eigenvalue weighted by Crippen LogP contribution is -2.61. The van der Waals surface area contributed by atoms with Crippen molar-refractivity contribution in [1.29, 1.82) is 5.26 Å². The van der Waals surface area contributed by atoms with E-state index >= 15 is 0 Å². The van der Waals surface area contributed by atoms with Crippen molar-refractivity contribution in [3.05, 3.63) is 29.8 Å². The number of ether oxygens (including phenoxy) is 2. The number of alkyl halides is 2. The number of nitrogens with zero attached hydrogens (tertiary/aromatic N) is 3. The summed E-state index contributed by atoms with van der Waals surface area (Å²) in [5.41, 5.74) is -1.21. The van der Waals surface area contributed by atoms with Gasteiger partial charge in [-0.25, -0.2) is 13.2 Å². The van der Waals surface area contributed by atoms with Gasteiger partial charge >= 0.3 is 12.6 Å². The zero-order chi connectivity index (χ0) is 27.1. The molecule has 204 valence electrons. The third-order valence-electron chi connectivity index (χ3n) is 6.31. The second-order valence-corrected chi connectivity index (χ2v) is 11.2. The summed E-state index contributed by atoms with van der Waals surface area (Å²) < 4.78 is 61.4. The molecule has 1 aromatic rings. The van der Waals surface area contributed by atoms with Crippen LogP contribution in [0.25, 0.3) is 0 Å². The fourth-order valence-corrected chi connectivity index (χ4v) is 5.73. The second kappa shape index (κ2) is 12.5. The van der Waals surface area contributed by atoms with E-state index in [4.69, 9.17) is 4.74 Å². The van der Waals surface area contributed by atoms with E-state index < -0.39 is 51.5 Å². The third-order valence-corrected chi connectivity index (χ3v) is 7.91. The van der Waals surface area contributed by atoms with Crippen LogP contribution in [-0.2, 0) is 25.1 Å². The van der Waals surface area contributed by atoms with E-state index in [0.29, 0.717) is 39.1 Å². The maximum absolute atomic E-state index is 13.3. The number of benzene rings is 1. The molecule has 0 unspecified atom stereocenters. The largest absolute Gasteiger partial charge is 0.435 e. The van der Waals surface area contributed by atoms with Gasteiger partial charge in [-0.1, -0.05) is 18.2 Å². The van der Waals surface area contributed by atoms with E-state index in [1.54, 1.807) is 0 Å². The molecule has 14 heteroatoms. The molecule has 2 aliphatic rings. The second-order valence-electron chi connectivity index (χ2n) is 9.13. The number of carbonyl (C=O) groups is 2. The Labute approximate surface area is 214 Å². The molecule has 2 heterocycles. The van der Waals surface area contributed by atoms with Gasteiger partial charge < -0.3 is 29.9 Å². The molecule has 0 aromatic heterocycles. The van der Waals surface area contributed by atoms with Crippen LogP contribution in [0, 0.1) is 11.3 Å². The van der Waals surface area contributed by atoms with Gasteiger partial charge in [0.05, 0.1) is 30.8 Å². The van der Waals surface area contributed by atoms with Crippen LogP contribution in [0.2, 0.25) is 0 Å². The van der Waals surface area contributed by atoms with Gasteiger partial charge in [0.2, 0.25) is 5.91 Å². The molecule has 11 nitrogen and oxygen atoms in total. The van der Waals surface area contributed by atoms with Crippen molar-refractivity contribution in [2.45, 2.75) is 36.8 Å². The summed E-state index contributed by atoms with van der Waals surface area (Å²) in [7, 11) is -2.24. The lowest BCUT2D eigenvalue weighted by atomic mass is 9.89. The van der Waals surface area contributed by atoms with Crippen molar-refractivity contribution in [3.8, 4) is 11.8 Å². The smallest absolute Gasteiger partial charge is 0.387 e. The molecule has 0 radical (unpaired) electrons. The summed E-state index contributed by atoms with van der Waals surface area (Å²) in [5.74, 6) is -2.61. The number of hydrogen-bond acceptors (Lipinski definition) is 8. The maximum atomic E-state index is 13.3. The molecule has 2 aliphatic heterocycles. The number of rotatable bonds is 9. The molecule has 0 spiro atoms. The summed E-state index contributed by atoms with van der Waals surface area (Å²) in [4.78, 5) is 29.5. The molecule has 2 N–H and O–H groups in total. The normalized spacial score (nSPS) is 19.1. The summed E-state index contributed by atoms with van der Waals surface area (Å²) in [6.45, 7) is -0.912. The summed E-state index contributed by atoms with van der Waals surface area (Å²) >= 11 is 0. The fraction of sp³-hybridized carbons (Fsp3) is 0.609. The highest BCUT2D eigenvalue weighted by molar-refractivity contribution is 7.90. The highest BCUT2D eigenvalue weighted by atomic mass is 32.2. The monoisotopic (exact) mass is 543 g/mol. The predicted octanol–water partition coefficient (Wildman–Crippen LogP) is 0.717. The SMILES string of the molecule is CN1CCC(C#N)(NC(=O)[C@H](CS(=O)(=O)Cc2ccccc2OC(F)F)NC(=O)N2CCOCC2)CC1. The van der Waals surface area contributed by atoms with E-state index in [-0.39, 0.29) is 24.4 Å². The maximum Gasteiger partial charge on any atom is 0.387 e. The Morgan fingerprint density at radius 3 is 2.46 bits per heavy atom. The Hall–Kier alpha value is -3.02. The van der Waals surface area contributed by atoms with Gasteiger partial charge in [-0.3, -0.25) is 4.79 Å². The van der Waals surface area contributed by atoms with E-state index in [0.717, 1.165) is 0 Å². The van der Waals surface area contributed by atoms with E-state index in [1.165, 1.54) is 29.2 Å². The number of likely N-dealkylation sites (tertiary alicyclic amines) is 1. The molecule has 37 heavy (non-hydrogen) atoms. The number of nitrogens with one attached hydrogen (secondary N) is 2. The van der Waals surface area contributed by atoms with Gasteiger partial charge in [0.25, 0.3) is 0 Å². The minimum atomic E-state index is -4.12. The molecule has 1 aromatic carbocycles. The zero-order valence-corrected chi connectivity index (χ0v) is 21.3. The van der Waals surface area contributed by atoms with Crippen LogP contribution in [0.1, 0.15) is 18.4 Å². The number of amides is 3. The molecule has 2 saturated heterocycles. The number of nitriles is 1. The molecule has 0 aliphatic carbocycles.